The zero-order valence-electron chi connectivity index (χ0n) is 12.7. The first-order valence-electron chi connectivity index (χ1n) is 7.15. The second-order valence-electron chi connectivity index (χ2n) is 5.26. The molecular formula is C17H25NO2. The largest absolute Gasteiger partial charge is 0.464 e. The van der Waals surface area contributed by atoms with Crippen LogP contribution in [0.1, 0.15) is 32.8 Å². The number of nitrogens with one attached hydrogen (secondary N) is 1. The lowest BCUT2D eigenvalue weighted by Gasteiger charge is -2.34. The Bertz CT molecular complexity index is 428. The van der Waals surface area contributed by atoms with Crippen LogP contribution in [0.4, 0.5) is 0 Å². The average Bonchev–Trinajstić information content (AvgIpc) is 2.44. The lowest BCUT2D eigenvalue weighted by atomic mass is 9.82. The smallest absolute Gasteiger partial charge is 0.331 e. The minimum absolute atomic E-state index is 0.221. The molecule has 0 amide bonds. The van der Waals surface area contributed by atoms with Crippen LogP contribution in [0.2, 0.25) is 0 Å². The molecule has 0 fully saturated rings. The minimum atomic E-state index is -0.806. The molecule has 0 bridgehead atoms. The molecule has 1 atom stereocenters. The highest BCUT2D eigenvalue weighted by Crippen LogP contribution is 2.30. The van der Waals surface area contributed by atoms with Crippen LogP contribution in [0.5, 0.6) is 0 Å². The van der Waals surface area contributed by atoms with E-state index >= 15 is 0 Å². The van der Waals surface area contributed by atoms with Gasteiger partial charge in [0.05, 0.1) is 6.61 Å². The van der Waals surface area contributed by atoms with Gasteiger partial charge in [-0.25, -0.2) is 4.79 Å². The van der Waals surface area contributed by atoms with Gasteiger partial charge in [0.15, 0.2) is 0 Å². The number of hydrogen-bond acceptors (Lipinski definition) is 3. The maximum absolute atomic E-state index is 12.6. The van der Waals surface area contributed by atoms with Crippen LogP contribution in [0, 0.1) is 5.92 Å². The molecule has 3 heteroatoms. The lowest BCUT2D eigenvalue weighted by Crippen LogP contribution is -2.51. The summed E-state index contributed by atoms with van der Waals surface area (Å²) in [7, 11) is 0. The fourth-order valence-electron chi connectivity index (χ4n) is 2.40. The van der Waals surface area contributed by atoms with Gasteiger partial charge in [-0.15, -0.1) is 6.58 Å². The summed E-state index contributed by atoms with van der Waals surface area (Å²) in [6.07, 6.45) is 2.45. The van der Waals surface area contributed by atoms with E-state index in [2.05, 4.69) is 25.7 Å². The van der Waals surface area contributed by atoms with E-state index in [0.717, 1.165) is 5.56 Å². The summed E-state index contributed by atoms with van der Waals surface area (Å²) < 4.78 is 5.32. The Morgan fingerprint density at radius 2 is 2.05 bits per heavy atom. The molecule has 0 saturated heterocycles. The van der Waals surface area contributed by atoms with Crippen molar-refractivity contribution < 1.29 is 9.53 Å². The quantitative estimate of drug-likeness (QED) is 0.584. The summed E-state index contributed by atoms with van der Waals surface area (Å²) in [5.41, 5.74) is 0.133. The van der Waals surface area contributed by atoms with E-state index in [4.69, 9.17) is 4.74 Å². The summed E-state index contributed by atoms with van der Waals surface area (Å²) in [6.45, 7) is 10.7. The monoisotopic (exact) mass is 275 g/mol. The highest BCUT2D eigenvalue weighted by molar-refractivity contribution is 5.82. The second-order valence-corrected chi connectivity index (χ2v) is 5.26. The van der Waals surface area contributed by atoms with Crippen molar-refractivity contribution in [3.05, 3.63) is 48.6 Å². The molecule has 1 aromatic rings. The SMILES string of the molecule is C=CCNC(CC(C)C)(C(=O)OCC)c1ccccc1. The van der Waals surface area contributed by atoms with Crippen LogP contribution in [0.3, 0.4) is 0 Å². The van der Waals surface area contributed by atoms with E-state index in [0.29, 0.717) is 25.5 Å². The average molecular weight is 275 g/mol. The summed E-state index contributed by atoms with van der Waals surface area (Å²) in [5, 5.41) is 3.32. The number of esters is 1. The van der Waals surface area contributed by atoms with Gasteiger partial charge in [0.25, 0.3) is 0 Å². The molecule has 1 unspecified atom stereocenters. The van der Waals surface area contributed by atoms with Crippen LogP contribution in [-0.2, 0) is 15.1 Å². The molecule has 0 aromatic heterocycles. The van der Waals surface area contributed by atoms with Crippen molar-refractivity contribution in [3.8, 4) is 0 Å². The number of hydrogen-bond donors (Lipinski definition) is 1. The number of ether oxygens (including phenoxy) is 1. The molecule has 20 heavy (non-hydrogen) atoms. The van der Waals surface area contributed by atoms with Gasteiger partial charge in [0, 0.05) is 6.54 Å². The van der Waals surface area contributed by atoms with Crippen molar-refractivity contribution in [2.24, 2.45) is 5.92 Å². The molecule has 0 aliphatic carbocycles. The van der Waals surface area contributed by atoms with Crippen molar-refractivity contribution in [2.75, 3.05) is 13.2 Å². The van der Waals surface area contributed by atoms with E-state index in [9.17, 15) is 4.79 Å². The Morgan fingerprint density at radius 3 is 2.55 bits per heavy atom. The molecule has 1 rings (SSSR count). The fraction of sp³-hybridized carbons (Fsp3) is 0.471. The molecule has 1 aromatic carbocycles. The zero-order valence-corrected chi connectivity index (χ0v) is 12.7. The maximum Gasteiger partial charge on any atom is 0.331 e. The van der Waals surface area contributed by atoms with Crippen molar-refractivity contribution >= 4 is 5.97 Å². The van der Waals surface area contributed by atoms with Gasteiger partial charge in [-0.05, 0) is 24.8 Å². The molecule has 1 N–H and O–H groups in total. The second kappa shape index (κ2) is 7.85. The number of benzene rings is 1. The first-order valence-corrected chi connectivity index (χ1v) is 7.15. The van der Waals surface area contributed by atoms with Crippen LogP contribution in [0.25, 0.3) is 0 Å². The summed E-state index contributed by atoms with van der Waals surface area (Å²) in [5.74, 6) is 0.138. The first-order chi connectivity index (χ1) is 9.56. The Hall–Kier alpha value is -1.61. The van der Waals surface area contributed by atoms with Crippen molar-refractivity contribution in [2.45, 2.75) is 32.7 Å². The number of rotatable bonds is 8. The zero-order chi connectivity index (χ0) is 15.0. The van der Waals surface area contributed by atoms with Crippen LogP contribution < -0.4 is 5.32 Å². The maximum atomic E-state index is 12.6. The molecule has 0 aliphatic rings. The highest BCUT2D eigenvalue weighted by Gasteiger charge is 2.41. The predicted octanol–water partition coefficient (Wildman–Crippen LogP) is 3.27. The van der Waals surface area contributed by atoms with Gasteiger partial charge in [0.1, 0.15) is 5.54 Å². The minimum Gasteiger partial charge on any atom is -0.464 e. The van der Waals surface area contributed by atoms with Crippen LogP contribution in [-0.4, -0.2) is 19.1 Å². The van der Waals surface area contributed by atoms with Gasteiger partial charge in [0.2, 0.25) is 0 Å². The lowest BCUT2D eigenvalue weighted by molar-refractivity contribution is -0.152. The third-order valence-electron chi connectivity index (χ3n) is 3.15. The van der Waals surface area contributed by atoms with Gasteiger partial charge >= 0.3 is 5.97 Å². The Labute approximate surface area is 122 Å². The Kier molecular flexibility index (Phi) is 6.46. The molecule has 0 radical (unpaired) electrons. The van der Waals surface area contributed by atoms with Crippen molar-refractivity contribution in [1.82, 2.24) is 5.32 Å². The fourth-order valence-corrected chi connectivity index (χ4v) is 2.40. The molecule has 0 heterocycles. The van der Waals surface area contributed by atoms with Crippen LogP contribution in [0.15, 0.2) is 43.0 Å². The predicted molar refractivity (Wildman–Crippen MR) is 82.4 cm³/mol. The molecule has 0 spiro atoms. The summed E-state index contributed by atoms with van der Waals surface area (Å²) in [4.78, 5) is 12.6. The van der Waals surface area contributed by atoms with E-state index in [1.807, 2.05) is 37.3 Å². The molecular weight excluding hydrogens is 250 g/mol. The Morgan fingerprint density at radius 1 is 1.40 bits per heavy atom. The van der Waals surface area contributed by atoms with E-state index < -0.39 is 5.54 Å². The van der Waals surface area contributed by atoms with Gasteiger partial charge in [-0.1, -0.05) is 50.3 Å². The number of carbonyl (C=O) groups is 1. The van der Waals surface area contributed by atoms with Crippen molar-refractivity contribution in [3.63, 3.8) is 0 Å². The normalized spacial score (nSPS) is 13.8. The summed E-state index contributed by atoms with van der Waals surface area (Å²) >= 11 is 0. The van der Waals surface area contributed by atoms with E-state index in [1.165, 1.54) is 0 Å². The standard InChI is InChI=1S/C17H25NO2/c1-5-12-18-17(13-14(3)4,16(19)20-6-2)15-10-8-7-9-11-15/h5,7-11,14,18H,1,6,12-13H2,2-4H3. The third kappa shape index (κ3) is 3.94. The third-order valence-corrected chi connectivity index (χ3v) is 3.15. The van der Waals surface area contributed by atoms with Gasteiger partial charge in [-0.2, -0.15) is 0 Å². The van der Waals surface area contributed by atoms with Crippen LogP contribution >= 0.6 is 0 Å². The number of carbonyl (C=O) groups excluding carboxylic acids is 1. The van der Waals surface area contributed by atoms with Gasteiger partial charge < -0.3 is 4.74 Å². The van der Waals surface area contributed by atoms with E-state index in [-0.39, 0.29) is 5.97 Å². The Balaban J connectivity index is 3.24. The van der Waals surface area contributed by atoms with E-state index in [1.54, 1.807) is 6.08 Å². The summed E-state index contributed by atoms with van der Waals surface area (Å²) in [6, 6.07) is 9.77. The molecule has 0 saturated carbocycles. The molecule has 110 valence electrons. The van der Waals surface area contributed by atoms with Crippen molar-refractivity contribution in [1.29, 1.82) is 0 Å². The molecule has 0 aliphatic heterocycles. The molecule has 3 nitrogen and oxygen atoms in total. The first kappa shape index (κ1) is 16.4. The van der Waals surface area contributed by atoms with Gasteiger partial charge in [-0.3, -0.25) is 5.32 Å². The highest BCUT2D eigenvalue weighted by atomic mass is 16.5. The topological polar surface area (TPSA) is 38.3 Å².